The number of hydrogen-bond acceptors (Lipinski definition) is 5. The minimum absolute atomic E-state index is 0.0125. The van der Waals surface area contributed by atoms with Crippen LogP contribution in [0.5, 0.6) is 0 Å². The zero-order valence-corrected chi connectivity index (χ0v) is 9.76. The molecule has 17 heavy (non-hydrogen) atoms. The van der Waals surface area contributed by atoms with Crippen LogP contribution in [0.15, 0.2) is 21.9 Å². The zero-order valence-electron chi connectivity index (χ0n) is 8.18. The van der Waals surface area contributed by atoms with Gasteiger partial charge < -0.3 is 4.98 Å². The molecule has 2 aromatic rings. The quantitative estimate of drug-likeness (QED) is 0.820. The highest BCUT2D eigenvalue weighted by Gasteiger charge is 2.15. The molecular weight excluding hydrogens is 288 g/mol. The third-order valence-electron chi connectivity index (χ3n) is 1.99. The number of halogens is 1. The number of nitrogens with zero attached hydrogens (tertiary/aromatic N) is 5. The fourth-order valence-corrected chi connectivity index (χ4v) is 1.65. The van der Waals surface area contributed by atoms with Gasteiger partial charge in [-0.25, -0.2) is 9.97 Å². The lowest BCUT2D eigenvalue weighted by atomic mass is 10.3. The summed E-state index contributed by atoms with van der Waals surface area (Å²) in [7, 11) is 0. The van der Waals surface area contributed by atoms with Gasteiger partial charge in [0.05, 0.1) is 6.33 Å². The van der Waals surface area contributed by atoms with E-state index in [1.165, 1.54) is 17.2 Å². The van der Waals surface area contributed by atoms with Crippen LogP contribution >= 0.6 is 15.9 Å². The Balaban J connectivity index is 2.76. The third kappa shape index (κ3) is 1.71. The maximum absolute atomic E-state index is 11.4. The summed E-state index contributed by atoms with van der Waals surface area (Å²) >= 11 is 3.06. The summed E-state index contributed by atoms with van der Waals surface area (Å²) < 4.78 is 1.44. The van der Waals surface area contributed by atoms with Crippen molar-refractivity contribution in [1.82, 2.24) is 19.5 Å². The number of nitrogens with one attached hydrogen (secondary N) is 1. The fraction of sp³-hybridized carbons (Fsp3) is 0. The lowest BCUT2D eigenvalue weighted by Gasteiger charge is -2.03. The fourth-order valence-electron chi connectivity index (χ4n) is 1.24. The van der Waals surface area contributed by atoms with Crippen molar-refractivity contribution in [1.29, 1.82) is 10.5 Å². The number of hydrogen-bond donors (Lipinski definition) is 1. The topological polar surface area (TPSA) is 111 Å². The van der Waals surface area contributed by atoms with Crippen molar-refractivity contribution in [3.05, 3.63) is 38.9 Å². The van der Waals surface area contributed by atoms with Crippen LogP contribution in [-0.2, 0) is 0 Å². The van der Waals surface area contributed by atoms with Gasteiger partial charge in [0.25, 0.3) is 5.56 Å². The predicted molar refractivity (Wildman–Crippen MR) is 59.1 cm³/mol. The smallest absolute Gasteiger partial charge is 0.267 e. The van der Waals surface area contributed by atoms with Gasteiger partial charge >= 0.3 is 0 Å². The number of H-pyrrole nitrogens is 1. The van der Waals surface area contributed by atoms with Crippen LogP contribution in [-0.4, -0.2) is 19.5 Å². The van der Waals surface area contributed by atoms with Crippen LogP contribution in [0.3, 0.4) is 0 Å². The second-order valence-electron chi connectivity index (χ2n) is 2.90. The van der Waals surface area contributed by atoms with Gasteiger partial charge in [0.15, 0.2) is 17.2 Å². The Morgan fingerprint density at radius 1 is 1.35 bits per heavy atom. The molecular formula is C9H3BrN6O. The van der Waals surface area contributed by atoms with Crippen molar-refractivity contribution >= 4 is 15.9 Å². The number of aromatic amines is 1. The van der Waals surface area contributed by atoms with E-state index in [1.807, 2.05) is 6.07 Å². The number of rotatable bonds is 1. The van der Waals surface area contributed by atoms with Crippen molar-refractivity contribution in [2.75, 3.05) is 0 Å². The van der Waals surface area contributed by atoms with Crippen molar-refractivity contribution in [2.24, 2.45) is 0 Å². The second kappa shape index (κ2) is 4.20. The number of aromatic nitrogens is 4. The van der Waals surface area contributed by atoms with E-state index in [4.69, 9.17) is 10.5 Å². The molecule has 0 aromatic carbocycles. The maximum atomic E-state index is 11.4. The first kappa shape index (κ1) is 11.0. The van der Waals surface area contributed by atoms with Gasteiger partial charge in [0.2, 0.25) is 0 Å². The minimum atomic E-state index is -0.383. The minimum Gasteiger partial charge on any atom is -0.312 e. The monoisotopic (exact) mass is 290 g/mol. The summed E-state index contributed by atoms with van der Waals surface area (Å²) in [6.45, 7) is 0. The Kier molecular flexibility index (Phi) is 2.73. The molecule has 0 unspecified atom stereocenters. The van der Waals surface area contributed by atoms with E-state index in [9.17, 15) is 4.79 Å². The van der Waals surface area contributed by atoms with Gasteiger partial charge in [-0.1, -0.05) is 0 Å². The molecule has 0 aliphatic carbocycles. The molecule has 0 radical (unpaired) electrons. The molecule has 2 rings (SSSR count). The van der Waals surface area contributed by atoms with Gasteiger partial charge in [-0.2, -0.15) is 10.5 Å². The van der Waals surface area contributed by atoms with Gasteiger partial charge in [0.1, 0.15) is 22.9 Å². The number of imidazole rings is 1. The van der Waals surface area contributed by atoms with Crippen LogP contribution in [0.1, 0.15) is 11.4 Å². The average molecular weight is 291 g/mol. The molecule has 0 spiro atoms. The standard InChI is InChI=1S/C9H3BrN6O/c10-7-8(13-3-14-9(7)17)16-4-15-5(1-11)6(16)2-12/h3-4H,(H,13,14,17). The number of nitriles is 2. The van der Waals surface area contributed by atoms with Crippen LogP contribution in [0.2, 0.25) is 0 Å². The molecule has 8 heteroatoms. The Morgan fingerprint density at radius 2 is 2.12 bits per heavy atom. The van der Waals surface area contributed by atoms with Crippen LogP contribution in [0.4, 0.5) is 0 Å². The second-order valence-corrected chi connectivity index (χ2v) is 3.70. The van der Waals surface area contributed by atoms with E-state index >= 15 is 0 Å². The van der Waals surface area contributed by atoms with Crippen molar-refractivity contribution in [3.63, 3.8) is 0 Å². The first-order valence-corrected chi connectivity index (χ1v) is 5.09. The van der Waals surface area contributed by atoms with E-state index in [1.54, 1.807) is 6.07 Å². The molecule has 2 aromatic heterocycles. The molecule has 1 N–H and O–H groups in total. The van der Waals surface area contributed by atoms with Crippen molar-refractivity contribution in [3.8, 4) is 18.0 Å². The van der Waals surface area contributed by atoms with E-state index in [0.29, 0.717) is 0 Å². The summed E-state index contributed by atoms with van der Waals surface area (Å²) in [5.41, 5.74) is -0.362. The molecule has 0 amide bonds. The molecule has 0 aliphatic rings. The predicted octanol–water partition coefficient (Wildman–Crippen LogP) is 0.461. The van der Waals surface area contributed by atoms with Gasteiger partial charge in [-0.15, -0.1) is 0 Å². The lowest BCUT2D eigenvalue weighted by Crippen LogP contribution is -2.12. The SMILES string of the molecule is N#Cc1ncn(-c2nc[nH]c(=O)c2Br)c1C#N. The summed E-state index contributed by atoms with van der Waals surface area (Å²) in [5, 5.41) is 17.7. The van der Waals surface area contributed by atoms with Crippen LogP contribution < -0.4 is 5.56 Å². The Labute approximate surface area is 103 Å². The summed E-state index contributed by atoms with van der Waals surface area (Å²) in [6.07, 6.45) is 2.47. The molecule has 2 heterocycles. The molecule has 0 aliphatic heterocycles. The first-order valence-electron chi connectivity index (χ1n) is 4.30. The van der Waals surface area contributed by atoms with E-state index < -0.39 is 0 Å². The van der Waals surface area contributed by atoms with E-state index in [-0.39, 0.29) is 27.2 Å². The highest BCUT2D eigenvalue weighted by molar-refractivity contribution is 9.10. The molecule has 0 saturated carbocycles. The lowest BCUT2D eigenvalue weighted by molar-refractivity contribution is 0.933. The zero-order chi connectivity index (χ0) is 12.4. The maximum Gasteiger partial charge on any atom is 0.267 e. The molecule has 0 bridgehead atoms. The van der Waals surface area contributed by atoms with Gasteiger partial charge in [0, 0.05) is 0 Å². The van der Waals surface area contributed by atoms with E-state index in [0.717, 1.165) is 0 Å². The Bertz CT molecular complexity index is 716. The highest BCUT2D eigenvalue weighted by atomic mass is 79.9. The molecule has 0 saturated heterocycles. The molecule has 0 atom stereocenters. The summed E-state index contributed by atoms with van der Waals surface area (Å²) in [4.78, 5) is 21.4. The van der Waals surface area contributed by atoms with Crippen molar-refractivity contribution in [2.45, 2.75) is 0 Å². The van der Waals surface area contributed by atoms with Crippen LogP contribution in [0, 0.1) is 22.7 Å². The third-order valence-corrected chi connectivity index (χ3v) is 2.70. The highest BCUT2D eigenvalue weighted by Crippen LogP contribution is 2.16. The molecule has 7 nitrogen and oxygen atoms in total. The van der Waals surface area contributed by atoms with Crippen molar-refractivity contribution < 1.29 is 0 Å². The summed E-state index contributed by atoms with van der Waals surface area (Å²) in [5.74, 6) is 0.208. The Hall–Kier alpha value is -2.45. The average Bonchev–Trinajstić information content (AvgIpc) is 2.75. The Morgan fingerprint density at radius 3 is 2.76 bits per heavy atom. The normalized spacial score (nSPS) is 9.59. The molecule has 0 fully saturated rings. The van der Waals surface area contributed by atoms with Gasteiger partial charge in [-0.3, -0.25) is 9.36 Å². The first-order chi connectivity index (χ1) is 8.19. The molecule has 82 valence electrons. The van der Waals surface area contributed by atoms with Crippen LogP contribution in [0.25, 0.3) is 5.82 Å². The van der Waals surface area contributed by atoms with Gasteiger partial charge in [-0.05, 0) is 15.9 Å². The van der Waals surface area contributed by atoms with E-state index in [2.05, 4.69) is 30.9 Å². The largest absolute Gasteiger partial charge is 0.312 e. The summed E-state index contributed by atoms with van der Waals surface area (Å²) in [6, 6.07) is 3.63.